The van der Waals surface area contributed by atoms with Gasteiger partial charge in [0.05, 0.1) is 13.0 Å². The largest absolute Gasteiger partial charge is 0.469 e. The third kappa shape index (κ3) is 3.08. The summed E-state index contributed by atoms with van der Waals surface area (Å²) in [4.78, 5) is 11.4. The molecule has 1 rings (SSSR count). The van der Waals surface area contributed by atoms with Gasteiger partial charge >= 0.3 is 5.97 Å². The van der Waals surface area contributed by atoms with E-state index in [0.717, 1.165) is 22.9 Å². The van der Waals surface area contributed by atoms with E-state index in [0.29, 0.717) is 0 Å². The topological polar surface area (TPSA) is 26.3 Å². The molecule has 0 spiro atoms. The van der Waals surface area contributed by atoms with Crippen LogP contribution in [0.5, 0.6) is 0 Å². The van der Waals surface area contributed by atoms with Gasteiger partial charge in [0.25, 0.3) is 0 Å². The normalized spacial score (nSPS) is 12.2. The molecule has 0 aromatic heterocycles. The zero-order valence-electron chi connectivity index (χ0n) is 9.92. The summed E-state index contributed by atoms with van der Waals surface area (Å²) in [7, 11) is 1.42. The van der Waals surface area contributed by atoms with Crippen molar-refractivity contribution >= 4 is 21.9 Å². The first kappa shape index (κ1) is 13.2. The fraction of sp³-hybridized carbons (Fsp3) is 0.462. The van der Waals surface area contributed by atoms with Crippen molar-refractivity contribution in [2.75, 3.05) is 7.11 Å². The number of benzene rings is 1. The molecule has 0 heterocycles. The van der Waals surface area contributed by atoms with Crippen LogP contribution in [0.2, 0.25) is 0 Å². The summed E-state index contributed by atoms with van der Waals surface area (Å²) in [6, 6.07) is 6.08. The van der Waals surface area contributed by atoms with Crippen LogP contribution in [0.4, 0.5) is 0 Å². The molecule has 1 aromatic rings. The van der Waals surface area contributed by atoms with Crippen molar-refractivity contribution in [2.24, 2.45) is 0 Å². The Morgan fingerprint density at radius 2 is 2.19 bits per heavy atom. The molecule has 1 unspecified atom stereocenters. The predicted octanol–water partition coefficient (Wildman–Crippen LogP) is 3.68. The fourth-order valence-electron chi connectivity index (χ4n) is 1.62. The predicted molar refractivity (Wildman–Crippen MR) is 68.6 cm³/mol. The van der Waals surface area contributed by atoms with Gasteiger partial charge in [-0.15, -0.1) is 0 Å². The highest BCUT2D eigenvalue weighted by Gasteiger charge is 2.16. The lowest BCUT2D eigenvalue weighted by Crippen LogP contribution is -2.10. The van der Waals surface area contributed by atoms with Crippen molar-refractivity contribution in [3.8, 4) is 0 Å². The summed E-state index contributed by atoms with van der Waals surface area (Å²) >= 11 is 3.54. The summed E-state index contributed by atoms with van der Waals surface area (Å²) in [6.45, 7) is 4.00. The lowest BCUT2D eigenvalue weighted by atomic mass is 9.99. The molecule has 1 aromatic carbocycles. The second-order valence-electron chi connectivity index (χ2n) is 3.85. The van der Waals surface area contributed by atoms with Crippen molar-refractivity contribution in [3.05, 3.63) is 33.8 Å². The van der Waals surface area contributed by atoms with E-state index in [1.165, 1.54) is 12.7 Å². The number of methoxy groups -OCH3 is 1. The van der Waals surface area contributed by atoms with Gasteiger partial charge in [-0.05, 0) is 30.5 Å². The first-order valence-corrected chi connectivity index (χ1v) is 6.25. The number of halogens is 1. The summed E-state index contributed by atoms with van der Waals surface area (Å²) in [6.07, 6.45) is 2.16. The highest BCUT2D eigenvalue weighted by atomic mass is 79.9. The van der Waals surface area contributed by atoms with Crippen LogP contribution in [0.15, 0.2) is 22.7 Å². The smallest absolute Gasteiger partial charge is 0.312 e. The minimum atomic E-state index is -0.211. The molecule has 3 heteroatoms. The van der Waals surface area contributed by atoms with Crippen LogP contribution in [0.1, 0.15) is 37.3 Å². The van der Waals surface area contributed by atoms with Gasteiger partial charge in [-0.25, -0.2) is 0 Å². The van der Waals surface area contributed by atoms with E-state index in [1.807, 2.05) is 19.1 Å². The van der Waals surface area contributed by atoms with Crippen molar-refractivity contribution in [1.29, 1.82) is 0 Å². The van der Waals surface area contributed by atoms with Crippen molar-refractivity contribution in [1.82, 2.24) is 0 Å². The molecule has 0 bridgehead atoms. The van der Waals surface area contributed by atoms with Crippen LogP contribution >= 0.6 is 15.9 Å². The van der Waals surface area contributed by atoms with E-state index < -0.39 is 0 Å². The first-order valence-electron chi connectivity index (χ1n) is 5.46. The Hall–Kier alpha value is -0.830. The van der Waals surface area contributed by atoms with E-state index in [2.05, 4.69) is 28.9 Å². The molecule has 2 nitrogen and oxygen atoms in total. The van der Waals surface area contributed by atoms with Gasteiger partial charge in [0.2, 0.25) is 0 Å². The van der Waals surface area contributed by atoms with E-state index in [9.17, 15) is 4.79 Å². The number of esters is 1. The third-order valence-electron chi connectivity index (χ3n) is 2.65. The molecule has 1 atom stereocenters. The number of hydrogen-bond acceptors (Lipinski definition) is 2. The van der Waals surface area contributed by atoms with E-state index >= 15 is 0 Å². The van der Waals surface area contributed by atoms with Crippen LogP contribution in [0.25, 0.3) is 0 Å². The van der Waals surface area contributed by atoms with Crippen molar-refractivity contribution in [3.63, 3.8) is 0 Å². The maximum Gasteiger partial charge on any atom is 0.312 e. The standard InChI is InChI=1S/C13H17BrO2/c1-4-5-10-6-7-11(8-12(10)14)9(2)13(15)16-3/h6-9H,4-5H2,1-3H3. The monoisotopic (exact) mass is 284 g/mol. The van der Waals surface area contributed by atoms with Gasteiger partial charge in [0.1, 0.15) is 0 Å². The van der Waals surface area contributed by atoms with E-state index in [1.54, 1.807) is 0 Å². The summed E-state index contributed by atoms with van der Waals surface area (Å²) in [5, 5.41) is 0. The quantitative estimate of drug-likeness (QED) is 0.789. The molecular weight excluding hydrogens is 268 g/mol. The third-order valence-corrected chi connectivity index (χ3v) is 3.39. The van der Waals surface area contributed by atoms with Crippen LogP contribution < -0.4 is 0 Å². The van der Waals surface area contributed by atoms with Gasteiger partial charge < -0.3 is 4.74 Å². The zero-order valence-corrected chi connectivity index (χ0v) is 11.5. The Bertz CT molecular complexity index is 374. The van der Waals surface area contributed by atoms with Crippen LogP contribution in [0.3, 0.4) is 0 Å². The van der Waals surface area contributed by atoms with Crippen molar-refractivity contribution < 1.29 is 9.53 Å². The summed E-state index contributed by atoms with van der Waals surface area (Å²) < 4.78 is 5.80. The maximum absolute atomic E-state index is 11.4. The number of rotatable bonds is 4. The summed E-state index contributed by atoms with van der Waals surface area (Å²) in [5.74, 6) is -0.410. The number of carbonyl (C=O) groups excluding carboxylic acids is 1. The number of aryl methyl sites for hydroxylation is 1. The highest BCUT2D eigenvalue weighted by molar-refractivity contribution is 9.10. The molecule has 0 N–H and O–H groups in total. The molecule has 16 heavy (non-hydrogen) atoms. The molecule has 0 aliphatic rings. The van der Waals surface area contributed by atoms with Crippen LogP contribution in [-0.4, -0.2) is 13.1 Å². The Morgan fingerprint density at radius 3 is 2.69 bits per heavy atom. The minimum Gasteiger partial charge on any atom is -0.469 e. The molecule has 0 fully saturated rings. The van der Waals surface area contributed by atoms with Gasteiger partial charge in [-0.1, -0.05) is 41.4 Å². The number of ether oxygens (including phenoxy) is 1. The molecule has 0 aliphatic heterocycles. The maximum atomic E-state index is 11.4. The average Bonchev–Trinajstić information content (AvgIpc) is 2.30. The Labute approximate surface area is 105 Å². The summed E-state index contributed by atoms with van der Waals surface area (Å²) in [5.41, 5.74) is 2.27. The molecule has 0 aliphatic carbocycles. The van der Waals surface area contributed by atoms with Crippen molar-refractivity contribution in [2.45, 2.75) is 32.6 Å². The molecule has 0 radical (unpaired) electrons. The van der Waals surface area contributed by atoms with Gasteiger partial charge in [-0.3, -0.25) is 4.79 Å². The Balaban J connectivity index is 2.92. The fourth-order valence-corrected chi connectivity index (χ4v) is 2.21. The SMILES string of the molecule is CCCc1ccc(C(C)C(=O)OC)cc1Br. The average molecular weight is 285 g/mol. The number of hydrogen-bond donors (Lipinski definition) is 0. The second-order valence-corrected chi connectivity index (χ2v) is 4.70. The molecule has 0 saturated heterocycles. The molecule has 88 valence electrons. The Kier molecular flexibility index (Phi) is 5.00. The van der Waals surface area contributed by atoms with Crippen LogP contribution in [-0.2, 0) is 16.0 Å². The van der Waals surface area contributed by atoms with Gasteiger partial charge in [0, 0.05) is 4.47 Å². The minimum absolute atomic E-state index is 0.199. The number of carbonyl (C=O) groups is 1. The second kappa shape index (κ2) is 6.04. The van der Waals surface area contributed by atoms with E-state index in [-0.39, 0.29) is 11.9 Å². The lowest BCUT2D eigenvalue weighted by Gasteiger charge is -2.11. The Morgan fingerprint density at radius 1 is 1.50 bits per heavy atom. The van der Waals surface area contributed by atoms with Gasteiger partial charge in [-0.2, -0.15) is 0 Å². The van der Waals surface area contributed by atoms with Crippen LogP contribution in [0, 0.1) is 0 Å². The molecule has 0 saturated carbocycles. The zero-order chi connectivity index (χ0) is 12.1. The molecule has 0 amide bonds. The van der Waals surface area contributed by atoms with E-state index in [4.69, 9.17) is 4.74 Å². The first-order chi connectivity index (χ1) is 7.60. The lowest BCUT2D eigenvalue weighted by molar-refractivity contribution is -0.141. The molecular formula is C13H17BrO2. The van der Waals surface area contributed by atoms with Gasteiger partial charge in [0.15, 0.2) is 0 Å². The highest BCUT2D eigenvalue weighted by Crippen LogP contribution is 2.25.